The van der Waals surface area contributed by atoms with E-state index in [-0.39, 0.29) is 29.5 Å². The van der Waals surface area contributed by atoms with Crippen molar-refractivity contribution in [3.05, 3.63) is 41.5 Å². The van der Waals surface area contributed by atoms with Crippen molar-refractivity contribution in [2.75, 3.05) is 18.9 Å². The Bertz CT molecular complexity index is 1230. The highest BCUT2D eigenvalue weighted by Crippen LogP contribution is 2.40. The van der Waals surface area contributed by atoms with Crippen molar-refractivity contribution in [3.63, 3.8) is 0 Å². The molecule has 0 bridgehead atoms. The second-order valence-corrected chi connectivity index (χ2v) is 9.17. The van der Waals surface area contributed by atoms with Gasteiger partial charge >= 0.3 is 0 Å². The number of ketones is 1. The van der Waals surface area contributed by atoms with Crippen LogP contribution in [0.5, 0.6) is 0 Å². The van der Waals surface area contributed by atoms with Crippen molar-refractivity contribution in [2.24, 2.45) is 0 Å². The third kappa shape index (κ3) is 3.76. The summed E-state index contributed by atoms with van der Waals surface area (Å²) in [4.78, 5) is 35.9. The molecule has 0 unspecified atom stereocenters. The van der Waals surface area contributed by atoms with Crippen LogP contribution in [0, 0.1) is 0 Å². The highest BCUT2D eigenvalue weighted by Gasteiger charge is 2.33. The molecule has 2 fully saturated rings. The number of pyridine rings is 1. The first-order valence-corrected chi connectivity index (χ1v) is 11.4. The minimum absolute atomic E-state index is 0.0351. The molecule has 3 N–H and O–H groups in total. The van der Waals surface area contributed by atoms with Gasteiger partial charge in [0.2, 0.25) is 5.91 Å². The Morgan fingerprint density at radius 2 is 1.97 bits per heavy atom. The van der Waals surface area contributed by atoms with Crippen molar-refractivity contribution in [1.29, 1.82) is 0 Å². The number of piperidine rings is 1. The van der Waals surface area contributed by atoms with Gasteiger partial charge in [0.15, 0.2) is 11.4 Å². The number of rotatable bonds is 5. The Kier molecular flexibility index (Phi) is 5.36. The van der Waals surface area contributed by atoms with Crippen molar-refractivity contribution >= 4 is 23.2 Å². The van der Waals surface area contributed by atoms with E-state index in [4.69, 9.17) is 10.7 Å². The molecule has 1 aliphatic carbocycles. The lowest BCUT2D eigenvalue weighted by Gasteiger charge is -2.37. The number of nitrogens with zero attached hydrogens (tertiary/aromatic N) is 5. The van der Waals surface area contributed by atoms with Crippen LogP contribution in [0.15, 0.2) is 24.5 Å². The molecular weight excluding hydrogens is 420 g/mol. The Balaban J connectivity index is 1.56. The predicted octanol–water partition coefficient (Wildman–Crippen LogP) is 2.54. The predicted molar refractivity (Wildman–Crippen MR) is 123 cm³/mol. The largest absolute Gasteiger partial charge is 0.387 e. The molecule has 0 aromatic carbocycles. The van der Waals surface area contributed by atoms with Gasteiger partial charge in [-0.25, -0.2) is 4.98 Å². The SMILES string of the molecule is CC(=O)c1c([C@@H]2CCN(C(=O)CO)[C@@H](C)C2)nc2c(-c3ccc(C4CC4)nc3)cnn2c1N. The number of carbonyl (C=O) groups is 2. The van der Waals surface area contributed by atoms with Gasteiger partial charge < -0.3 is 15.7 Å². The lowest BCUT2D eigenvalue weighted by Crippen LogP contribution is -2.45. The van der Waals surface area contributed by atoms with Gasteiger partial charge in [-0.05, 0) is 45.6 Å². The van der Waals surface area contributed by atoms with Gasteiger partial charge in [0, 0.05) is 47.4 Å². The lowest BCUT2D eigenvalue weighted by atomic mass is 9.86. The Morgan fingerprint density at radius 1 is 1.18 bits per heavy atom. The van der Waals surface area contributed by atoms with Gasteiger partial charge in [-0.1, -0.05) is 6.07 Å². The number of likely N-dealkylation sites (tertiary alicyclic amines) is 1. The highest BCUT2D eigenvalue weighted by atomic mass is 16.3. The summed E-state index contributed by atoms with van der Waals surface area (Å²) in [6.07, 6.45) is 7.22. The maximum Gasteiger partial charge on any atom is 0.248 e. The standard InChI is InChI=1S/C24H28N6O3/c1-13-9-16(7-8-29(13)20(33)12-31)22-21(14(2)32)23(25)30-24(28-22)18(11-27-30)17-5-6-19(26-10-17)15-3-4-15/h5-6,10-11,13,15-16,31H,3-4,7-9,12,25H2,1-2H3/t13-,16+/m0/s1. The zero-order valence-electron chi connectivity index (χ0n) is 18.9. The van der Waals surface area contributed by atoms with E-state index in [1.54, 1.807) is 11.1 Å². The van der Waals surface area contributed by atoms with E-state index in [2.05, 4.69) is 16.1 Å². The molecule has 5 rings (SSSR count). The summed E-state index contributed by atoms with van der Waals surface area (Å²) in [5.74, 6) is 0.374. The number of amides is 1. The van der Waals surface area contributed by atoms with Crippen molar-refractivity contribution in [1.82, 2.24) is 24.5 Å². The highest BCUT2D eigenvalue weighted by molar-refractivity contribution is 6.00. The average Bonchev–Trinajstić information content (AvgIpc) is 3.57. The van der Waals surface area contributed by atoms with E-state index in [1.165, 1.54) is 24.3 Å². The van der Waals surface area contributed by atoms with Gasteiger partial charge in [-0.15, -0.1) is 0 Å². The minimum atomic E-state index is -0.502. The molecule has 1 aliphatic heterocycles. The molecule has 1 amide bonds. The number of nitrogen functional groups attached to an aromatic ring is 1. The van der Waals surface area contributed by atoms with Crippen molar-refractivity contribution in [3.8, 4) is 11.1 Å². The molecule has 9 nitrogen and oxygen atoms in total. The smallest absolute Gasteiger partial charge is 0.248 e. The van der Waals surface area contributed by atoms with Crippen LogP contribution in [0.25, 0.3) is 16.8 Å². The quantitative estimate of drug-likeness (QED) is 0.574. The Morgan fingerprint density at radius 3 is 2.58 bits per heavy atom. The van der Waals surface area contributed by atoms with E-state index in [9.17, 15) is 14.7 Å². The number of carbonyl (C=O) groups excluding carboxylic acids is 2. The number of Topliss-reactive ketones (excluding diaryl/α,β-unsaturated/α-hetero) is 1. The summed E-state index contributed by atoms with van der Waals surface area (Å²) in [5.41, 5.74) is 10.9. The Hall–Kier alpha value is -3.33. The molecule has 9 heteroatoms. The van der Waals surface area contributed by atoms with Gasteiger partial charge in [-0.3, -0.25) is 14.6 Å². The summed E-state index contributed by atoms with van der Waals surface area (Å²) in [7, 11) is 0. The fraction of sp³-hybridized carbons (Fsp3) is 0.458. The topological polar surface area (TPSA) is 127 Å². The molecule has 1 saturated heterocycles. The summed E-state index contributed by atoms with van der Waals surface area (Å²) >= 11 is 0. The molecule has 2 aliphatic rings. The number of hydrogen-bond donors (Lipinski definition) is 2. The summed E-state index contributed by atoms with van der Waals surface area (Å²) in [5, 5.41) is 13.7. The Labute approximate surface area is 191 Å². The average molecular weight is 449 g/mol. The van der Waals surface area contributed by atoms with Crippen LogP contribution in [0.2, 0.25) is 0 Å². The van der Waals surface area contributed by atoms with E-state index in [0.29, 0.717) is 42.2 Å². The fourth-order valence-corrected chi connectivity index (χ4v) is 4.96. The normalized spacial score (nSPS) is 20.9. The molecule has 3 aromatic heterocycles. The van der Waals surface area contributed by atoms with Gasteiger partial charge in [0.1, 0.15) is 12.4 Å². The molecule has 0 radical (unpaired) electrons. The van der Waals surface area contributed by atoms with Gasteiger partial charge in [0.25, 0.3) is 0 Å². The first-order valence-electron chi connectivity index (χ1n) is 11.4. The van der Waals surface area contributed by atoms with Crippen molar-refractivity contribution < 1.29 is 14.7 Å². The van der Waals surface area contributed by atoms with Crippen molar-refractivity contribution in [2.45, 2.75) is 57.4 Å². The summed E-state index contributed by atoms with van der Waals surface area (Å²) in [6, 6.07) is 4.01. The fourth-order valence-electron chi connectivity index (χ4n) is 4.96. The van der Waals surface area contributed by atoms with Crippen LogP contribution in [-0.2, 0) is 4.79 Å². The number of aliphatic hydroxyl groups is 1. The number of anilines is 1. The minimum Gasteiger partial charge on any atom is -0.387 e. The molecule has 172 valence electrons. The molecule has 2 atom stereocenters. The zero-order valence-corrected chi connectivity index (χ0v) is 18.9. The van der Waals surface area contributed by atoms with Crippen LogP contribution in [0.3, 0.4) is 0 Å². The molecule has 3 aromatic rings. The monoisotopic (exact) mass is 448 g/mol. The van der Waals surface area contributed by atoms with Crippen LogP contribution in [0.1, 0.15) is 73.1 Å². The first kappa shape index (κ1) is 21.5. The van der Waals surface area contributed by atoms with Crippen LogP contribution in [-0.4, -0.2) is 60.5 Å². The van der Waals surface area contributed by atoms with Crippen LogP contribution < -0.4 is 5.73 Å². The lowest BCUT2D eigenvalue weighted by molar-refractivity contribution is -0.137. The van der Waals surface area contributed by atoms with E-state index in [1.807, 2.05) is 19.2 Å². The third-order valence-electron chi connectivity index (χ3n) is 6.87. The van der Waals surface area contributed by atoms with Gasteiger partial charge in [-0.2, -0.15) is 9.61 Å². The third-order valence-corrected chi connectivity index (χ3v) is 6.87. The maximum atomic E-state index is 12.6. The van der Waals surface area contributed by atoms with E-state index >= 15 is 0 Å². The maximum absolute atomic E-state index is 12.6. The number of aromatic nitrogens is 4. The molecular formula is C24H28N6O3. The first-order chi connectivity index (χ1) is 15.9. The summed E-state index contributed by atoms with van der Waals surface area (Å²) < 4.78 is 1.53. The number of fused-ring (bicyclic) bond motifs is 1. The zero-order chi connectivity index (χ0) is 23.3. The van der Waals surface area contributed by atoms with Crippen LogP contribution >= 0.6 is 0 Å². The van der Waals surface area contributed by atoms with E-state index < -0.39 is 6.61 Å². The van der Waals surface area contributed by atoms with Gasteiger partial charge in [0.05, 0.1) is 17.5 Å². The van der Waals surface area contributed by atoms with Crippen LogP contribution in [0.4, 0.5) is 5.82 Å². The number of aliphatic hydroxyl groups excluding tert-OH is 1. The molecule has 4 heterocycles. The molecule has 33 heavy (non-hydrogen) atoms. The number of hydrogen-bond acceptors (Lipinski definition) is 7. The summed E-state index contributed by atoms with van der Waals surface area (Å²) in [6.45, 7) is 3.43. The molecule has 1 saturated carbocycles. The molecule has 0 spiro atoms. The number of nitrogens with two attached hydrogens (primary N) is 1. The second kappa shape index (κ2) is 8.22. The van der Waals surface area contributed by atoms with E-state index in [0.717, 1.165) is 16.8 Å². The second-order valence-electron chi connectivity index (χ2n) is 9.17.